The molecule has 0 amide bonds. The third-order valence-electron chi connectivity index (χ3n) is 3.85. The van der Waals surface area contributed by atoms with Crippen molar-refractivity contribution in [2.75, 3.05) is 24.8 Å². The molecule has 140 valence electrons. The maximum absolute atomic E-state index is 11.8. The summed E-state index contributed by atoms with van der Waals surface area (Å²) >= 11 is 6.09. The van der Waals surface area contributed by atoms with Crippen LogP contribution in [0.1, 0.15) is 12.5 Å². The molecule has 0 radical (unpaired) electrons. The molecule has 0 saturated heterocycles. The van der Waals surface area contributed by atoms with Gasteiger partial charge in [0.1, 0.15) is 5.75 Å². The number of carboxylic acids is 1. The zero-order chi connectivity index (χ0) is 19.5. The molecule has 0 aromatic heterocycles. The Hall–Kier alpha value is -2.25. The van der Waals surface area contributed by atoms with Crippen molar-refractivity contribution >= 4 is 38.8 Å². The Morgan fingerprint density at radius 2 is 1.88 bits per heavy atom. The molecule has 6 nitrogen and oxygen atoms in total. The molecule has 0 saturated carbocycles. The molecule has 0 fully saturated rings. The molecule has 0 unspecified atom stereocenters. The summed E-state index contributed by atoms with van der Waals surface area (Å²) in [5, 5.41) is 9.32. The number of hydrogen-bond acceptors (Lipinski definition) is 5. The quantitative estimate of drug-likeness (QED) is 0.769. The van der Waals surface area contributed by atoms with E-state index in [1.807, 2.05) is 6.92 Å². The number of aryl methyl sites for hydroxylation is 1. The van der Waals surface area contributed by atoms with Gasteiger partial charge < -0.3 is 14.7 Å². The summed E-state index contributed by atoms with van der Waals surface area (Å²) in [5.41, 5.74) is 2.20. The van der Waals surface area contributed by atoms with E-state index in [1.54, 1.807) is 48.3 Å². The van der Waals surface area contributed by atoms with E-state index in [-0.39, 0.29) is 4.90 Å². The first-order chi connectivity index (χ1) is 12.1. The molecule has 0 aliphatic rings. The number of sulfone groups is 1. The van der Waals surface area contributed by atoms with Crippen LogP contribution in [0.15, 0.2) is 41.3 Å². The molecule has 0 aliphatic heterocycles. The van der Waals surface area contributed by atoms with Crippen molar-refractivity contribution in [3.8, 4) is 5.75 Å². The highest BCUT2D eigenvalue weighted by atomic mass is 35.5. The van der Waals surface area contributed by atoms with Gasteiger partial charge in [-0.25, -0.2) is 13.2 Å². The van der Waals surface area contributed by atoms with Gasteiger partial charge in [-0.15, -0.1) is 0 Å². The molecule has 8 heteroatoms. The molecule has 2 aromatic carbocycles. The van der Waals surface area contributed by atoms with Crippen LogP contribution in [0.3, 0.4) is 0 Å². The lowest BCUT2D eigenvalue weighted by Gasteiger charge is -2.25. The van der Waals surface area contributed by atoms with Crippen LogP contribution in [-0.4, -0.2) is 39.4 Å². The molecule has 0 spiro atoms. The number of nitrogens with zero attached hydrogens (tertiary/aromatic N) is 1. The van der Waals surface area contributed by atoms with Crippen molar-refractivity contribution in [2.45, 2.75) is 18.2 Å². The molecule has 1 N–H and O–H groups in total. The zero-order valence-electron chi connectivity index (χ0n) is 14.7. The topological polar surface area (TPSA) is 83.9 Å². The fraction of sp³-hybridized carbons (Fsp3) is 0.278. The summed E-state index contributed by atoms with van der Waals surface area (Å²) < 4.78 is 28.9. The maximum Gasteiger partial charge on any atom is 0.341 e. The molecular weight excluding hydrogens is 378 g/mol. The highest BCUT2D eigenvalue weighted by Crippen LogP contribution is 2.37. The van der Waals surface area contributed by atoms with Gasteiger partial charge in [-0.3, -0.25) is 0 Å². The van der Waals surface area contributed by atoms with Crippen molar-refractivity contribution in [3.05, 3.63) is 47.0 Å². The summed E-state index contributed by atoms with van der Waals surface area (Å²) in [6, 6.07) is 9.79. The summed E-state index contributed by atoms with van der Waals surface area (Å²) in [6.07, 6.45) is 1.79. The Morgan fingerprint density at radius 3 is 2.46 bits per heavy atom. The predicted octanol–water partition coefficient (Wildman–Crippen LogP) is 3.54. The summed E-state index contributed by atoms with van der Waals surface area (Å²) in [5.74, 6) is -0.714. The molecule has 26 heavy (non-hydrogen) atoms. The summed E-state index contributed by atoms with van der Waals surface area (Å²) in [6.45, 7) is 1.45. The summed E-state index contributed by atoms with van der Waals surface area (Å²) in [7, 11) is -1.52. The third kappa shape index (κ3) is 4.68. The fourth-order valence-corrected chi connectivity index (χ4v) is 3.38. The smallest absolute Gasteiger partial charge is 0.341 e. The van der Waals surface area contributed by atoms with Crippen LogP contribution in [-0.2, 0) is 21.1 Å². The van der Waals surface area contributed by atoms with E-state index in [2.05, 4.69) is 0 Å². The van der Waals surface area contributed by atoms with Crippen LogP contribution in [0.2, 0.25) is 5.02 Å². The van der Waals surface area contributed by atoms with Gasteiger partial charge in [0.2, 0.25) is 0 Å². The van der Waals surface area contributed by atoms with E-state index >= 15 is 0 Å². The summed E-state index contributed by atoms with van der Waals surface area (Å²) in [4.78, 5) is 12.9. The van der Waals surface area contributed by atoms with Crippen molar-refractivity contribution in [3.63, 3.8) is 0 Å². The Kier molecular flexibility index (Phi) is 6.15. The van der Waals surface area contributed by atoms with Gasteiger partial charge in [-0.1, -0.05) is 18.5 Å². The van der Waals surface area contributed by atoms with Crippen molar-refractivity contribution in [1.29, 1.82) is 0 Å². The Labute approximate surface area is 157 Å². The third-order valence-corrected chi connectivity index (χ3v) is 5.20. The van der Waals surface area contributed by atoms with Gasteiger partial charge in [-0.05, 0) is 48.4 Å². The number of carboxylic acid groups (broad SMARTS) is 1. The standard InChI is InChI=1S/C18H20ClNO5S/c1-4-12-9-14(26(3,23)24)6-7-15(12)20(2)16-10-13(19)5-8-17(16)25-11-18(21)22/h5-10H,4,11H2,1-3H3,(H,21,22). The number of halogens is 1. The second kappa shape index (κ2) is 7.97. The highest BCUT2D eigenvalue weighted by molar-refractivity contribution is 7.90. The van der Waals surface area contributed by atoms with E-state index in [9.17, 15) is 13.2 Å². The average Bonchev–Trinajstić information content (AvgIpc) is 2.58. The maximum atomic E-state index is 11.8. The fourth-order valence-electron chi connectivity index (χ4n) is 2.55. The number of anilines is 2. The molecule has 2 rings (SSSR count). The lowest BCUT2D eigenvalue weighted by atomic mass is 10.1. The number of carbonyl (C=O) groups is 1. The van der Waals surface area contributed by atoms with Gasteiger partial charge >= 0.3 is 5.97 Å². The number of hydrogen-bond donors (Lipinski definition) is 1. The van der Waals surface area contributed by atoms with Crippen LogP contribution < -0.4 is 9.64 Å². The van der Waals surface area contributed by atoms with E-state index in [0.717, 1.165) is 11.3 Å². The minimum atomic E-state index is -3.31. The molecular formula is C18H20ClNO5S. The first-order valence-corrected chi connectivity index (χ1v) is 10.1. The van der Waals surface area contributed by atoms with Gasteiger partial charge in [0.25, 0.3) is 0 Å². The van der Waals surface area contributed by atoms with Gasteiger partial charge in [0, 0.05) is 24.0 Å². The van der Waals surface area contributed by atoms with Crippen LogP contribution in [0.4, 0.5) is 11.4 Å². The van der Waals surface area contributed by atoms with Crippen LogP contribution in [0, 0.1) is 0 Å². The van der Waals surface area contributed by atoms with Crippen molar-refractivity contribution < 1.29 is 23.1 Å². The van der Waals surface area contributed by atoms with Crippen LogP contribution in [0.5, 0.6) is 5.75 Å². The lowest BCUT2D eigenvalue weighted by molar-refractivity contribution is -0.139. The lowest BCUT2D eigenvalue weighted by Crippen LogP contribution is -2.16. The first kappa shape index (κ1) is 20.1. The van der Waals surface area contributed by atoms with E-state index < -0.39 is 22.4 Å². The highest BCUT2D eigenvalue weighted by Gasteiger charge is 2.17. The number of ether oxygens (including phenoxy) is 1. The Balaban J connectivity index is 2.50. The average molecular weight is 398 g/mol. The predicted molar refractivity (Wildman–Crippen MR) is 102 cm³/mol. The Morgan fingerprint density at radius 1 is 1.19 bits per heavy atom. The molecule has 0 atom stereocenters. The van der Waals surface area contributed by atoms with Gasteiger partial charge in [0.15, 0.2) is 16.4 Å². The molecule has 0 bridgehead atoms. The molecule has 0 heterocycles. The molecule has 2 aromatic rings. The van der Waals surface area contributed by atoms with Gasteiger partial charge in [-0.2, -0.15) is 0 Å². The largest absolute Gasteiger partial charge is 0.480 e. The minimum absolute atomic E-state index is 0.250. The second-order valence-corrected chi connectivity index (χ2v) is 8.22. The second-order valence-electron chi connectivity index (χ2n) is 5.77. The van der Waals surface area contributed by atoms with E-state index in [1.165, 1.54) is 6.26 Å². The Bertz CT molecular complexity index is 927. The van der Waals surface area contributed by atoms with Gasteiger partial charge in [0.05, 0.1) is 10.6 Å². The number of aliphatic carboxylic acids is 1. The SMILES string of the molecule is CCc1cc(S(C)(=O)=O)ccc1N(C)c1cc(Cl)ccc1OCC(=O)O. The van der Waals surface area contributed by atoms with Crippen molar-refractivity contribution in [1.82, 2.24) is 0 Å². The van der Waals surface area contributed by atoms with E-state index in [0.29, 0.717) is 22.9 Å². The monoisotopic (exact) mass is 397 g/mol. The van der Waals surface area contributed by atoms with Crippen molar-refractivity contribution in [2.24, 2.45) is 0 Å². The van der Waals surface area contributed by atoms with E-state index in [4.69, 9.17) is 21.4 Å². The minimum Gasteiger partial charge on any atom is -0.480 e. The zero-order valence-corrected chi connectivity index (χ0v) is 16.3. The number of rotatable bonds is 7. The van der Waals surface area contributed by atoms with Crippen LogP contribution in [0.25, 0.3) is 0 Å². The first-order valence-electron chi connectivity index (χ1n) is 7.84. The molecule has 0 aliphatic carbocycles. The normalized spacial score (nSPS) is 11.2. The number of benzene rings is 2. The van der Waals surface area contributed by atoms with Crippen LogP contribution >= 0.6 is 11.6 Å².